The molecule has 0 atom stereocenters. The molecule has 0 aliphatic carbocycles. The summed E-state index contributed by atoms with van der Waals surface area (Å²) in [5.41, 5.74) is 2.06. The van der Waals surface area contributed by atoms with E-state index < -0.39 is 0 Å². The number of rotatable bonds is 3. The molecule has 0 amide bonds. The van der Waals surface area contributed by atoms with Gasteiger partial charge in [-0.05, 0) is 30.6 Å². The summed E-state index contributed by atoms with van der Waals surface area (Å²) in [4.78, 5) is 13.4. The molecule has 0 aromatic carbocycles. The highest BCUT2D eigenvalue weighted by Gasteiger charge is 2.15. The van der Waals surface area contributed by atoms with Crippen LogP contribution in [-0.4, -0.2) is 53.0 Å². The Morgan fingerprint density at radius 3 is 2.50 bits per heavy atom. The first-order valence-corrected chi connectivity index (χ1v) is 6.86. The van der Waals surface area contributed by atoms with Gasteiger partial charge >= 0.3 is 0 Å². The molecule has 0 bridgehead atoms. The van der Waals surface area contributed by atoms with Gasteiger partial charge in [-0.15, -0.1) is 0 Å². The second-order valence-electron chi connectivity index (χ2n) is 5.29. The van der Waals surface area contributed by atoms with E-state index in [4.69, 9.17) is 11.6 Å². The molecule has 1 aliphatic heterocycles. The predicted octanol–water partition coefficient (Wildman–Crippen LogP) is 2.00. The summed E-state index contributed by atoms with van der Waals surface area (Å²) >= 11 is 5.99. The number of piperazine rings is 1. The molecule has 1 fully saturated rings. The van der Waals surface area contributed by atoms with Crippen LogP contribution >= 0.6 is 11.6 Å². The van der Waals surface area contributed by atoms with Gasteiger partial charge in [0.2, 0.25) is 5.28 Å². The second kappa shape index (κ2) is 5.95. The fourth-order valence-electron chi connectivity index (χ4n) is 2.10. The third-order valence-corrected chi connectivity index (χ3v) is 3.51. The Bertz CT molecular complexity index is 400. The van der Waals surface area contributed by atoms with E-state index >= 15 is 0 Å². The molecule has 2 rings (SSSR count). The largest absolute Gasteiger partial charge is 0.304 e. The first-order valence-electron chi connectivity index (χ1n) is 6.49. The zero-order chi connectivity index (χ0) is 13.1. The van der Waals surface area contributed by atoms with Gasteiger partial charge in [0.15, 0.2) is 0 Å². The van der Waals surface area contributed by atoms with Crippen molar-refractivity contribution in [3.8, 4) is 0 Å². The topological polar surface area (TPSA) is 32.3 Å². The van der Waals surface area contributed by atoms with Crippen LogP contribution in [0.25, 0.3) is 0 Å². The zero-order valence-corrected chi connectivity index (χ0v) is 12.1. The molecular formula is C13H21ClN4. The van der Waals surface area contributed by atoms with Crippen molar-refractivity contribution in [3.05, 3.63) is 22.7 Å². The van der Waals surface area contributed by atoms with Crippen molar-refractivity contribution >= 4 is 11.6 Å². The minimum absolute atomic E-state index is 0.366. The molecule has 0 radical (unpaired) electrons. The van der Waals surface area contributed by atoms with Crippen LogP contribution in [0.1, 0.15) is 31.2 Å². The molecule has 4 nitrogen and oxygen atoms in total. The molecule has 0 spiro atoms. The third kappa shape index (κ3) is 3.64. The third-order valence-electron chi connectivity index (χ3n) is 3.34. The molecule has 0 N–H and O–H groups in total. The summed E-state index contributed by atoms with van der Waals surface area (Å²) < 4.78 is 0. The maximum absolute atomic E-state index is 5.99. The van der Waals surface area contributed by atoms with E-state index in [9.17, 15) is 0 Å². The molecule has 1 aromatic rings. The summed E-state index contributed by atoms with van der Waals surface area (Å²) in [7, 11) is 2.16. The molecule has 0 unspecified atom stereocenters. The van der Waals surface area contributed by atoms with Crippen LogP contribution in [-0.2, 0) is 6.54 Å². The van der Waals surface area contributed by atoms with Gasteiger partial charge in [0.25, 0.3) is 0 Å². The first-order chi connectivity index (χ1) is 8.54. The van der Waals surface area contributed by atoms with Crippen molar-refractivity contribution in [2.24, 2.45) is 0 Å². The minimum atomic E-state index is 0.366. The SMILES string of the molecule is CC(C)c1cc(CN2CCN(C)CC2)nc(Cl)n1. The number of aromatic nitrogens is 2. The van der Waals surface area contributed by atoms with Gasteiger partial charge in [-0.2, -0.15) is 0 Å². The molecular weight excluding hydrogens is 248 g/mol. The quantitative estimate of drug-likeness (QED) is 0.785. The standard InChI is InChI=1S/C13H21ClN4/c1-10(2)12-8-11(15-13(14)16-12)9-18-6-4-17(3)5-7-18/h8,10H,4-7,9H2,1-3H3. The molecule has 1 aromatic heterocycles. The molecule has 1 aliphatic rings. The van der Waals surface area contributed by atoms with Gasteiger partial charge in [-0.25, -0.2) is 9.97 Å². The smallest absolute Gasteiger partial charge is 0.222 e. The summed E-state index contributed by atoms with van der Waals surface area (Å²) in [5.74, 6) is 0.386. The van der Waals surface area contributed by atoms with Gasteiger partial charge in [0.05, 0.1) is 5.69 Å². The monoisotopic (exact) mass is 268 g/mol. The van der Waals surface area contributed by atoms with Crippen molar-refractivity contribution in [1.82, 2.24) is 19.8 Å². The van der Waals surface area contributed by atoms with E-state index in [-0.39, 0.29) is 0 Å². The van der Waals surface area contributed by atoms with Crippen molar-refractivity contribution in [2.45, 2.75) is 26.3 Å². The van der Waals surface area contributed by atoms with Crippen molar-refractivity contribution < 1.29 is 0 Å². The number of hydrogen-bond donors (Lipinski definition) is 0. The van der Waals surface area contributed by atoms with Gasteiger partial charge in [0, 0.05) is 38.4 Å². The average Bonchev–Trinajstić information content (AvgIpc) is 2.31. The Morgan fingerprint density at radius 2 is 1.89 bits per heavy atom. The Balaban J connectivity index is 2.04. The van der Waals surface area contributed by atoms with Crippen LogP contribution in [0.2, 0.25) is 5.28 Å². The lowest BCUT2D eigenvalue weighted by atomic mass is 10.1. The van der Waals surface area contributed by atoms with Gasteiger partial charge in [-0.3, -0.25) is 4.90 Å². The number of nitrogens with zero attached hydrogens (tertiary/aromatic N) is 4. The maximum Gasteiger partial charge on any atom is 0.222 e. The van der Waals surface area contributed by atoms with Crippen LogP contribution < -0.4 is 0 Å². The lowest BCUT2D eigenvalue weighted by Crippen LogP contribution is -2.44. The van der Waals surface area contributed by atoms with E-state index in [2.05, 4.69) is 46.7 Å². The van der Waals surface area contributed by atoms with E-state index in [1.165, 1.54) is 0 Å². The van der Waals surface area contributed by atoms with Crippen LogP contribution in [0, 0.1) is 0 Å². The van der Waals surface area contributed by atoms with Crippen LogP contribution in [0.3, 0.4) is 0 Å². The lowest BCUT2D eigenvalue weighted by molar-refractivity contribution is 0.147. The number of halogens is 1. The fraction of sp³-hybridized carbons (Fsp3) is 0.692. The normalized spacial score (nSPS) is 18.5. The predicted molar refractivity (Wildman–Crippen MR) is 73.9 cm³/mol. The van der Waals surface area contributed by atoms with Gasteiger partial charge in [0.1, 0.15) is 0 Å². The summed E-state index contributed by atoms with van der Waals surface area (Å²) in [6.45, 7) is 9.54. The molecule has 5 heteroatoms. The molecule has 0 saturated carbocycles. The zero-order valence-electron chi connectivity index (χ0n) is 11.4. The van der Waals surface area contributed by atoms with Crippen LogP contribution in [0.5, 0.6) is 0 Å². The summed E-state index contributed by atoms with van der Waals surface area (Å²) in [6.07, 6.45) is 0. The first kappa shape index (κ1) is 13.7. The Labute approximate surface area is 114 Å². The second-order valence-corrected chi connectivity index (χ2v) is 5.63. The Hall–Kier alpha value is -0.710. The maximum atomic E-state index is 5.99. The molecule has 1 saturated heterocycles. The summed E-state index contributed by atoms with van der Waals surface area (Å²) in [5, 5.41) is 0.366. The minimum Gasteiger partial charge on any atom is -0.304 e. The number of likely N-dealkylation sites (N-methyl/N-ethyl adjacent to an activating group) is 1. The Kier molecular flexibility index (Phi) is 4.54. The van der Waals surface area contributed by atoms with E-state index in [0.29, 0.717) is 11.2 Å². The van der Waals surface area contributed by atoms with Crippen molar-refractivity contribution in [1.29, 1.82) is 0 Å². The molecule has 18 heavy (non-hydrogen) atoms. The van der Waals surface area contributed by atoms with Crippen LogP contribution in [0.15, 0.2) is 6.07 Å². The van der Waals surface area contributed by atoms with Crippen LogP contribution in [0.4, 0.5) is 0 Å². The highest BCUT2D eigenvalue weighted by atomic mass is 35.5. The highest BCUT2D eigenvalue weighted by Crippen LogP contribution is 2.16. The van der Waals surface area contributed by atoms with Gasteiger partial charge < -0.3 is 4.90 Å². The van der Waals surface area contributed by atoms with E-state index in [1.54, 1.807) is 0 Å². The Morgan fingerprint density at radius 1 is 1.22 bits per heavy atom. The van der Waals surface area contributed by atoms with Crippen molar-refractivity contribution in [3.63, 3.8) is 0 Å². The van der Waals surface area contributed by atoms with Crippen molar-refractivity contribution in [2.75, 3.05) is 33.2 Å². The van der Waals surface area contributed by atoms with Gasteiger partial charge in [-0.1, -0.05) is 13.8 Å². The van der Waals surface area contributed by atoms with E-state index in [0.717, 1.165) is 44.1 Å². The fourth-order valence-corrected chi connectivity index (χ4v) is 2.30. The summed E-state index contributed by atoms with van der Waals surface area (Å²) in [6, 6.07) is 2.08. The molecule has 100 valence electrons. The molecule has 2 heterocycles. The average molecular weight is 269 g/mol. The highest BCUT2D eigenvalue weighted by molar-refractivity contribution is 6.28. The lowest BCUT2D eigenvalue weighted by Gasteiger charge is -2.32. The van der Waals surface area contributed by atoms with E-state index in [1.807, 2.05) is 0 Å². The number of hydrogen-bond acceptors (Lipinski definition) is 4.